The van der Waals surface area contributed by atoms with E-state index in [9.17, 15) is 5.11 Å². The SMILES string of the molecule is CCCC(CCO)CNC(=NCC1(N2CCSCC2)CCCC1)NCC.I. The predicted molar refractivity (Wildman–Crippen MR) is 130 cm³/mol. The highest BCUT2D eigenvalue weighted by atomic mass is 127. The third-order valence-corrected chi connectivity index (χ3v) is 6.83. The van der Waals surface area contributed by atoms with E-state index in [1.165, 1.54) is 50.3 Å². The van der Waals surface area contributed by atoms with Gasteiger partial charge in [-0.05, 0) is 38.5 Å². The zero-order valence-corrected chi connectivity index (χ0v) is 20.5. The smallest absolute Gasteiger partial charge is 0.191 e. The van der Waals surface area contributed by atoms with Crippen LogP contribution >= 0.6 is 35.7 Å². The van der Waals surface area contributed by atoms with E-state index in [-0.39, 0.29) is 36.1 Å². The number of nitrogens with one attached hydrogen (secondary N) is 2. The van der Waals surface area contributed by atoms with Gasteiger partial charge in [-0.3, -0.25) is 9.89 Å². The minimum Gasteiger partial charge on any atom is -0.396 e. The van der Waals surface area contributed by atoms with Crippen LogP contribution in [0, 0.1) is 5.92 Å². The highest BCUT2D eigenvalue weighted by Gasteiger charge is 2.39. The molecule has 1 aliphatic carbocycles. The summed E-state index contributed by atoms with van der Waals surface area (Å²) in [5.74, 6) is 4.01. The summed E-state index contributed by atoms with van der Waals surface area (Å²) in [6, 6.07) is 0. The summed E-state index contributed by atoms with van der Waals surface area (Å²) in [6.07, 6.45) is 8.47. The number of guanidine groups is 1. The lowest BCUT2D eigenvalue weighted by Gasteiger charge is -2.42. The number of hydrogen-bond donors (Lipinski definition) is 3. The zero-order chi connectivity index (χ0) is 18.7. The van der Waals surface area contributed by atoms with Crippen molar-refractivity contribution in [3.63, 3.8) is 0 Å². The highest BCUT2D eigenvalue weighted by Crippen LogP contribution is 2.37. The Kier molecular flexibility index (Phi) is 13.4. The van der Waals surface area contributed by atoms with Crippen LogP contribution in [-0.2, 0) is 0 Å². The summed E-state index contributed by atoms with van der Waals surface area (Å²) in [5, 5.41) is 16.2. The molecule has 0 radical (unpaired) electrons. The summed E-state index contributed by atoms with van der Waals surface area (Å²) < 4.78 is 0. The van der Waals surface area contributed by atoms with Gasteiger partial charge in [-0.2, -0.15) is 11.8 Å². The fourth-order valence-electron chi connectivity index (χ4n) is 4.39. The van der Waals surface area contributed by atoms with Crippen molar-refractivity contribution in [1.82, 2.24) is 15.5 Å². The van der Waals surface area contributed by atoms with Gasteiger partial charge in [0.15, 0.2) is 5.96 Å². The van der Waals surface area contributed by atoms with Crippen LogP contribution in [0.15, 0.2) is 4.99 Å². The third-order valence-electron chi connectivity index (χ3n) is 5.88. The van der Waals surface area contributed by atoms with E-state index in [0.717, 1.165) is 44.9 Å². The summed E-state index contributed by atoms with van der Waals surface area (Å²) in [5.41, 5.74) is 0.289. The molecule has 3 N–H and O–H groups in total. The number of rotatable bonds is 10. The van der Waals surface area contributed by atoms with Crippen molar-refractivity contribution in [3.8, 4) is 0 Å². The van der Waals surface area contributed by atoms with Gasteiger partial charge in [0.05, 0.1) is 6.54 Å². The summed E-state index contributed by atoms with van der Waals surface area (Å²) >= 11 is 2.09. The molecule has 0 amide bonds. The number of aliphatic hydroxyl groups is 1. The molecule has 0 aromatic rings. The first-order valence-electron chi connectivity index (χ1n) is 10.7. The van der Waals surface area contributed by atoms with Crippen molar-refractivity contribution in [1.29, 1.82) is 0 Å². The van der Waals surface area contributed by atoms with E-state index in [0.29, 0.717) is 5.92 Å². The maximum atomic E-state index is 9.28. The van der Waals surface area contributed by atoms with Crippen LogP contribution in [0.3, 0.4) is 0 Å². The molecule has 1 atom stereocenters. The molecule has 1 aliphatic heterocycles. The van der Waals surface area contributed by atoms with Gasteiger partial charge in [0.2, 0.25) is 0 Å². The number of aliphatic hydroxyl groups excluding tert-OH is 1. The first-order valence-corrected chi connectivity index (χ1v) is 11.9. The maximum absolute atomic E-state index is 9.28. The molecule has 1 heterocycles. The zero-order valence-electron chi connectivity index (χ0n) is 17.3. The molecule has 0 aromatic carbocycles. The van der Waals surface area contributed by atoms with Crippen LogP contribution in [-0.4, -0.2) is 72.3 Å². The van der Waals surface area contributed by atoms with Gasteiger partial charge in [0, 0.05) is 49.8 Å². The molecule has 27 heavy (non-hydrogen) atoms. The van der Waals surface area contributed by atoms with Gasteiger partial charge in [-0.15, -0.1) is 24.0 Å². The number of thioether (sulfide) groups is 1. The molecule has 2 aliphatic rings. The van der Waals surface area contributed by atoms with Crippen molar-refractivity contribution in [2.45, 2.75) is 64.3 Å². The topological polar surface area (TPSA) is 59.9 Å². The lowest BCUT2D eigenvalue weighted by molar-refractivity contribution is 0.112. The Morgan fingerprint density at radius 3 is 2.44 bits per heavy atom. The van der Waals surface area contributed by atoms with Gasteiger partial charge < -0.3 is 15.7 Å². The average Bonchev–Trinajstić information content (AvgIpc) is 3.15. The molecule has 2 rings (SSSR count). The molecule has 2 fully saturated rings. The Bertz CT molecular complexity index is 407. The number of nitrogens with zero attached hydrogens (tertiary/aromatic N) is 2. The molecule has 1 unspecified atom stereocenters. The van der Waals surface area contributed by atoms with Gasteiger partial charge in [0.25, 0.3) is 0 Å². The van der Waals surface area contributed by atoms with E-state index in [4.69, 9.17) is 4.99 Å². The summed E-state index contributed by atoms with van der Waals surface area (Å²) in [6.45, 7) is 9.75. The van der Waals surface area contributed by atoms with Crippen molar-refractivity contribution in [2.75, 3.05) is 50.8 Å². The Balaban J connectivity index is 0.00000364. The fraction of sp³-hybridized carbons (Fsp3) is 0.950. The van der Waals surface area contributed by atoms with Crippen LogP contribution < -0.4 is 10.6 Å². The summed E-state index contributed by atoms with van der Waals surface area (Å²) in [7, 11) is 0. The van der Waals surface area contributed by atoms with Crippen LogP contribution in [0.4, 0.5) is 0 Å². The molecular formula is C20H41IN4OS. The molecule has 1 saturated carbocycles. The van der Waals surface area contributed by atoms with Crippen molar-refractivity contribution >= 4 is 41.7 Å². The van der Waals surface area contributed by atoms with E-state index in [2.05, 4.69) is 41.1 Å². The van der Waals surface area contributed by atoms with Crippen LogP contribution in [0.25, 0.3) is 0 Å². The van der Waals surface area contributed by atoms with E-state index < -0.39 is 0 Å². The van der Waals surface area contributed by atoms with E-state index in [1.54, 1.807) is 0 Å². The normalized spacial score (nSPS) is 21.5. The minimum atomic E-state index is 0. The molecule has 0 bridgehead atoms. The van der Waals surface area contributed by atoms with E-state index >= 15 is 0 Å². The van der Waals surface area contributed by atoms with Crippen molar-refractivity contribution in [2.24, 2.45) is 10.9 Å². The summed E-state index contributed by atoms with van der Waals surface area (Å²) in [4.78, 5) is 7.75. The molecule has 160 valence electrons. The largest absolute Gasteiger partial charge is 0.396 e. The lowest BCUT2D eigenvalue weighted by atomic mass is 9.95. The van der Waals surface area contributed by atoms with Gasteiger partial charge in [-0.25, -0.2) is 0 Å². The Labute approximate surface area is 187 Å². The third kappa shape index (κ3) is 8.26. The number of aliphatic imine (C=N–C) groups is 1. The van der Waals surface area contributed by atoms with Crippen LogP contribution in [0.5, 0.6) is 0 Å². The Morgan fingerprint density at radius 1 is 1.15 bits per heavy atom. The van der Waals surface area contributed by atoms with Gasteiger partial charge in [0.1, 0.15) is 0 Å². The van der Waals surface area contributed by atoms with Crippen molar-refractivity contribution < 1.29 is 5.11 Å². The van der Waals surface area contributed by atoms with Crippen molar-refractivity contribution in [3.05, 3.63) is 0 Å². The standard InChI is InChI=1S/C20H40N4OS.HI/c1-3-7-18(8-13-25)16-22-19(21-4-2)23-17-20(9-5-6-10-20)24-11-14-26-15-12-24;/h18,25H,3-17H2,1-2H3,(H2,21,22,23);1H. The molecule has 1 saturated heterocycles. The quantitative estimate of drug-likeness (QED) is 0.238. The second-order valence-corrected chi connectivity index (χ2v) is 9.00. The molecule has 0 spiro atoms. The number of hydrogen-bond acceptors (Lipinski definition) is 4. The van der Waals surface area contributed by atoms with Crippen LogP contribution in [0.1, 0.15) is 58.8 Å². The molecule has 0 aromatic heterocycles. The monoisotopic (exact) mass is 512 g/mol. The molecule has 5 nitrogen and oxygen atoms in total. The molecule has 7 heteroatoms. The molecular weight excluding hydrogens is 471 g/mol. The second kappa shape index (κ2) is 14.3. The number of halogens is 1. The second-order valence-electron chi connectivity index (χ2n) is 7.77. The first-order chi connectivity index (χ1) is 12.7. The van der Waals surface area contributed by atoms with E-state index in [1.807, 2.05) is 0 Å². The lowest BCUT2D eigenvalue weighted by Crippen LogP contribution is -2.53. The van der Waals surface area contributed by atoms with Crippen LogP contribution in [0.2, 0.25) is 0 Å². The van der Waals surface area contributed by atoms with Gasteiger partial charge >= 0.3 is 0 Å². The van der Waals surface area contributed by atoms with Gasteiger partial charge in [-0.1, -0.05) is 26.2 Å². The Hall–Kier alpha value is 0.270. The first kappa shape index (κ1) is 25.3. The minimum absolute atomic E-state index is 0. The predicted octanol–water partition coefficient (Wildman–Crippen LogP) is 3.32. The Morgan fingerprint density at radius 2 is 1.85 bits per heavy atom. The highest BCUT2D eigenvalue weighted by molar-refractivity contribution is 14.0. The average molecular weight is 513 g/mol. The maximum Gasteiger partial charge on any atom is 0.191 e. The fourth-order valence-corrected chi connectivity index (χ4v) is 5.30.